The van der Waals surface area contributed by atoms with E-state index >= 15 is 0 Å². The van der Waals surface area contributed by atoms with Crippen LogP contribution in [0.3, 0.4) is 0 Å². The van der Waals surface area contributed by atoms with Crippen molar-refractivity contribution in [1.82, 2.24) is 38.9 Å². The summed E-state index contributed by atoms with van der Waals surface area (Å²) < 4.78 is 14.4. The number of nitrogen functional groups attached to an aromatic ring is 1. The number of hydrogen-bond donors (Lipinski definition) is 4. The summed E-state index contributed by atoms with van der Waals surface area (Å²) in [6.07, 6.45) is 11.3. The van der Waals surface area contributed by atoms with E-state index in [0.717, 1.165) is 87.6 Å². The van der Waals surface area contributed by atoms with E-state index in [1.165, 1.54) is 33.4 Å². The van der Waals surface area contributed by atoms with E-state index in [2.05, 4.69) is 97.5 Å². The van der Waals surface area contributed by atoms with Gasteiger partial charge in [0, 0.05) is 123 Å². The summed E-state index contributed by atoms with van der Waals surface area (Å²) in [5.74, 6) is 1.80. The van der Waals surface area contributed by atoms with Crippen molar-refractivity contribution in [2.45, 2.75) is 47.5 Å². The Morgan fingerprint density at radius 2 is 1.02 bits per heavy atom. The van der Waals surface area contributed by atoms with Crippen molar-refractivity contribution >= 4 is 90.8 Å². The number of ether oxygens (including phenoxy) is 2. The second-order valence-corrected chi connectivity index (χ2v) is 19.9. The van der Waals surface area contributed by atoms with Crippen LogP contribution in [0.4, 0.5) is 46.0 Å². The molecule has 2 saturated heterocycles. The Bertz CT molecular complexity index is 3690. The molecule has 10 rings (SSSR count). The molecule has 20 nitrogen and oxygen atoms in total. The summed E-state index contributed by atoms with van der Waals surface area (Å²) in [5, 5.41) is 10.3. The number of benzene rings is 4. The summed E-state index contributed by atoms with van der Waals surface area (Å²) in [4.78, 5) is 75.1. The quantitative estimate of drug-likeness (QED) is 0.0277. The molecule has 0 aliphatic carbocycles. The van der Waals surface area contributed by atoms with E-state index in [4.69, 9.17) is 31.8 Å². The second-order valence-electron chi connectivity index (χ2n) is 19.5. The van der Waals surface area contributed by atoms with Gasteiger partial charge in [-0.15, -0.1) is 0 Å². The molecule has 0 bridgehead atoms. The second kappa shape index (κ2) is 37.2. The molecule has 88 heavy (non-hydrogen) atoms. The number of allylic oxidation sites excluding steroid dienone is 3. The molecule has 0 unspecified atom stereocenters. The van der Waals surface area contributed by atoms with Gasteiger partial charge >= 0.3 is 16.5 Å². The summed E-state index contributed by atoms with van der Waals surface area (Å²) in [7, 11) is 7.55. The SMILES string of the molecule is C/C=C/C(=O)Cl.C/C=C/C(=O)Nc1cccc(-n2c(=O)ccc3cnc(Nc4ccc(N5CCN(C)CC5)cc4OC)nc32)c1.COc1cc(N2CCN(C)CC2)ccc1Nc1ncc2ccc(=O)n(-c3cccc(N)c3)c2n1.[CH2-]C.[CH2-]CC.[CH2-]CC.[Ni+3]. The van der Waals surface area contributed by atoms with Crippen LogP contribution in [0.2, 0.25) is 0 Å². The molecule has 1 amide bonds. The maximum Gasteiger partial charge on any atom is 3.00 e. The number of methoxy groups -OCH3 is 2. The normalized spacial score (nSPS) is 12.9. The number of pyridine rings is 2. The van der Waals surface area contributed by atoms with E-state index in [9.17, 15) is 19.2 Å². The maximum absolute atomic E-state index is 13.0. The van der Waals surface area contributed by atoms with E-state index < -0.39 is 5.24 Å². The largest absolute Gasteiger partial charge is 3.00 e. The van der Waals surface area contributed by atoms with Crippen LogP contribution in [0, 0.1) is 20.8 Å². The molecular formula is C66H82ClN14NiO6. The fourth-order valence-corrected chi connectivity index (χ4v) is 8.97. The molecule has 4 aromatic carbocycles. The number of rotatable bonds is 13. The monoisotopic (exact) mass is 1260 g/mol. The van der Waals surface area contributed by atoms with Crippen molar-refractivity contribution in [2.75, 3.05) is 112 Å². The molecule has 6 heterocycles. The van der Waals surface area contributed by atoms with Crippen LogP contribution in [0.15, 0.2) is 155 Å². The van der Waals surface area contributed by atoms with Crippen molar-refractivity contribution in [2.24, 2.45) is 0 Å². The first kappa shape index (κ1) is 71.9. The number of hydrogen-bond acceptors (Lipinski definition) is 17. The van der Waals surface area contributed by atoms with E-state index in [1.54, 1.807) is 108 Å². The van der Waals surface area contributed by atoms with Crippen LogP contribution in [0.1, 0.15) is 47.5 Å². The number of piperazine rings is 2. The fraction of sp³-hybridized carbons (Fsp3) is 0.288. The number of carbonyl (C=O) groups excluding carboxylic acids is 2. The molecular weight excluding hydrogens is 1180 g/mol. The average Bonchev–Trinajstić information content (AvgIpc) is 2.84. The third kappa shape index (κ3) is 20.8. The van der Waals surface area contributed by atoms with Crippen LogP contribution in [0.5, 0.6) is 11.5 Å². The van der Waals surface area contributed by atoms with E-state index in [-0.39, 0.29) is 33.5 Å². The van der Waals surface area contributed by atoms with Gasteiger partial charge in [-0.25, -0.2) is 9.97 Å². The molecule has 22 heteroatoms. The van der Waals surface area contributed by atoms with Gasteiger partial charge in [0.15, 0.2) is 11.3 Å². The molecule has 2 fully saturated rings. The van der Waals surface area contributed by atoms with Crippen LogP contribution in [0.25, 0.3) is 33.4 Å². The number of aromatic nitrogens is 6. The summed E-state index contributed by atoms with van der Waals surface area (Å²) >= 11 is 4.85. The minimum atomic E-state index is -0.419. The zero-order valence-electron chi connectivity index (χ0n) is 51.7. The molecule has 0 atom stereocenters. The minimum absolute atomic E-state index is 0. The van der Waals surface area contributed by atoms with Gasteiger partial charge in [-0.3, -0.25) is 28.3 Å². The number of anilines is 8. The predicted molar refractivity (Wildman–Crippen MR) is 358 cm³/mol. The Morgan fingerprint density at radius 1 is 0.602 bits per heavy atom. The Kier molecular flexibility index (Phi) is 30.3. The maximum atomic E-state index is 13.0. The molecule has 0 spiro atoms. The molecule has 0 saturated carbocycles. The molecule has 2 aliphatic rings. The molecule has 8 aromatic rings. The molecule has 1 radical (unpaired) electrons. The first-order chi connectivity index (χ1) is 42.1. The number of carbonyl (C=O) groups is 2. The van der Waals surface area contributed by atoms with Gasteiger partial charge in [0.2, 0.25) is 23.0 Å². The Balaban J connectivity index is 0.000000310. The smallest absolute Gasteiger partial charge is 0.494 e. The van der Waals surface area contributed by atoms with E-state index in [1.807, 2.05) is 50.2 Å². The predicted octanol–water partition coefficient (Wildman–Crippen LogP) is 11.3. The Hall–Kier alpha value is -8.62. The molecule has 4 aromatic heterocycles. The molecule has 5 N–H and O–H groups in total. The van der Waals surface area contributed by atoms with Gasteiger partial charge in [-0.2, -0.15) is 29.7 Å². The third-order valence-electron chi connectivity index (χ3n) is 13.0. The van der Waals surface area contributed by atoms with Crippen LogP contribution < -0.4 is 52.1 Å². The number of likely N-dealkylation sites (N-methyl/N-ethyl adjacent to an activating group) is 2. The first-order valence-electron chi connectivity index (χ1n) is 28.6. The van der Waals surface area contributed by atoms with Crippen molar-refractivity contribution in [3.8, 4) is 22.9 Å². The molecule has 469 valence electrons. The summed E-state index contributed by atoms with van der Waals surface area (Å²) in [6.45, 7) is 27.5. The minimum Gasteiger partial charge on any atom is -0.494 e. The Labute approximate surface area is 532 Å². The zero-order valence-corrected chi connectivity index (χ0v) is 53.5. The topological polar surface area (TPSA) is 223 Å². The van der Waals surface area contributed by atoms with Crippen LogP contribution in [-0.4, -0.2) is 131 Å². The van der Waals surface area contributed by atoms with Crippen molar-refractivity contribution in [3.63, 3.8) is 0 Å². The van der Waals surface area contributed by atoms with Crippen LogP contribution in [-0.2, 0) is 26.1 Å². The molecule has 2 aliphatic heterocycles. The number of nitrogens with zero attached hydrogens (tertiary/aromatic N) is 10. The van der Waals surface area contributed by atoms with Crippen molar-refractivity contribution in [1.29, 1.82) is 0 Å². The van der Waals surface area contributed by atoms with Crippen molar-refractivity contribution in [3.05, 3.63) is 187 Å². The van der Waals surface area contributed by atoms with Gasteiger partial charge in [0.05, 0.1) is 37.0 Å². The van der Waals surface area contributed by atoms with Gasteiger partial charge in [-0.1, -0.05) is 38.1 Å². The van der Waals surface area contributed by atoms with Crippen molar-refractivity contribution < 1.29 is 35.6 Å². The van der Waals surface area contributed by atoms with Gasteiger partial charge in [0.25, 0.3) is 11.1 Å². The number of amides is 1. The van der Waals surface area contributed by atoms with Gasteiger partial charge in [0.1, 0.15) is 11.5 Å². The van der Waals surface area contributed by atoms with Gasteiger partial charge in [-0.05, 0) is 124 Å². The summed E-state index contributed by atoms with van der Waals surface area (Å²) in [5.41, 5.74) is 12.5. The first-order valence-corrected chi connectivity index (χ1v) is 29.0. The van der Waals surface area contributed by atoms with Crippen LogP contribution >= 0.6 is 11.6 Å². The van der Waals surface area contributed by atoms with Gasteiger partial charge < -0.3 is 71.5 Å². The zero-order chi connectivity index (χ0) is 63.4. The number of nitrogens with one attached hydrogen (secondary N) is 3. The standard InChI is InChI=1S/C29H31N7O3.C25H27N7O2.C4H5ClO.2C3H7.C2H5.Ni/c1-4-6-26(37)31-21-7-5-8-23(17-21)36-27(38)12-9-20-19-30-29(33-28(20)36)32-24-11-10-22(18-25(24)39-3)35-15-13-34(2)14-16-35;1-30-10-12-31(13-11-30)19-7-8-21(22(15-19)34-2)28-25-27-16-17-6-9-23(33)32(24(17)29-25)20-5-3-4-18(26)14-20;1-2-3-4(5)6;2*1-3-2;1-2;/h4-12,17-19H,13-16H2,1-3H3,(H,31,37)(H,30,32,33);3-9,14-16H,10-13,26H2,1-2H3,(H,27,28,29);2-3H,1H3;2*1,3H2,2H3;1H2,2H3;/q;;;3*-1;+3/b6-4+;;3-2+;;;;. The number of fused-ring (bicyclic) bond motifs is 2. The third-order valence-corrected chi connectivity index (χ3v) is 13.1. The Morgan fingerprint density at radius 3 is 1.41 bits per heavy atom. The average molecular weight is 1260 g/mol. The number of nitrogens with two attached hydrogens (primary N) is 1. The fourth-order valence-electron chi connectivity index (χ4n) is 8.84. The summed E-state index contributed by atoms with van der Waals surface area (Å²) in [6, 6.07) is 32.7. The number of halogens is 1. The van der Waals surface area contributed by atoms with E-state index in [0.29, 0.717) is 68.5 Å².